The van der Waals surface area contributed by atoms with Crippen LogP contribution >= 0.6 is 31.9 Å². The molecule has 0 bridgehead atoms. The summed E-state index contributed by atoms with van der Waals surface area (Å²) in [5.41, 5.74) is 0.864. The Bertz CT molecular complexity index is 258. The van der Waals surface area contributed by atoms with Gasteiger partial charge in [0.15, 0.2) is 0 Å². The van der Waals surface area contributed by atoms with Gasteiger partial charge in [0.25, 0.3) is 0 Å². The van der Waals surface area contributed by atoms with Crippen LogP contribution in [-0.2, 0) is 0 Å². The lowest BCUT2D eigenvalue weighted by Gasteiger charge is -1.96. The second-order valence-electron chi connectivity index (χ2n) is 1.75. The van der Waals surface area contributed by atoms with Crippen molar-refractivity contribution < 1.29 is 0 Å². The number of halogens is 2. The van der Waals surface area contributed by atoms with E-state index in [1.54, 1.807) is 0 Å². The van der Waals surface area contributed by atoms with Crippen LogP contribution in [0, 0.1) is 0 Å². The average Bonchev–Trinajstić information content (AvgIpc) is 1.88. The second-order valence-corrected chi connectivity index (χ2v) is 3.52. The van der Waals surface area contributed by atoms with Gasteiger partial charge in [-0.1, -0.05) is 15.9 Å². The fourth-order valence-electron chi connectivity index (χ4n) is 0.609. The van der Waals surface area contributed by atoms with Gasteiger partial charge in [-0.25, -0.2) is 0 Å². The van der Waals surface area contributed by atoms with Crippen molar-refractivity contribution in [2.24, 2.45) is 4.99 Å². The van der Waals surface area contributed by atoms with Crippen LogP contribution in [0.2, 0.25) is 0 Å². The summed E-state index contributed by atoms with van der Waals surface area (Å²) < 4.78 is 1.99. The van der Waals surface area contributed by atoms with Crippen molar-refractivity contribution in [3.05, 3.63) is 27.1 Å². The average molecular weight is 263 g/mol. The molecule has 10 heavy (non-hydrogen) atoms. The highest BCUT2D eigenvalue weighted by Crippen LogP contribution is 2.27. The lowest BCUT2D eigenvalue weighted by molar-refractivity contribution is 1.50. The molecule has 1 rings (SSSR count). The van der Waals surface area contributed by atoms with Crippen LogP contribution < -0.4 is 0 Å². The highest BCUT2D eigenvalue weighted by Gasteiger charge is 1.95. The van der Waals surface area contributed by atoms with Gasteiger partial charge in [0.05, 0.1) is 5.69 Å². The summed E-state index contributed by atoms with van der Waals surface area (Å²) in [6, 6.07) is 5.75. The minimum absolute atomic E-state index is 0.864. The molecule has 0 spiro atoms. The Morgan fingerprint density at radius 2 is 2.00 bits per heavy atom. The van der Waals surface area contributed by atoms with Gasteiger partial charge in [-0.05, 0) is 40.8 Å². The largest absolute Gasteiger partial charge is 0.263 e. The summed E-state index contributed by atoms with van der Waals surface area (Å²) in [7, 11) is 0. The fourth-order valence-corrected chi connectivity index (χ4v) is 1.78. The molecule has 0 aromatic heterocycles. The maximum Gasteiger partial charge on any atom is 0.0765 e. The maximum absolute atomic E-state index is 3.79. The summed E-state index contributed by atoms with van der Waals surface area (Å²) >= 11 is 6.68. The zero-order valence-corrected chi connectivity index (χ0v) is 8.31. The van der Waals surface area contributed by atoms with Crippen molar-refractivity contribution >= 4 is 44.3 Å². The van der Waals surface area contributed by atoms with Gasteiger partial charge in [-0.2, -0.15) is 0 Å². The molecule has 0 heterocycles. The van der Waals surface area contributed by atoms with Gasteiger partial charge in [0, 0.05) is 8.95 Å². The Balaban J connectivity index is 3.19. The van der Waals surface area contributed by atoms with Gasteiger partial charge in [0.2, 0.25) is 0 Å². The van der Waals surface area contributed by atoms with Crippen LogP contribution in [0.3, 0.4) is 0 Å². The van der Waals surface area contributed by atoms with E-state index in [1.807, 2.05) is 18.2 Å². The monoisotopic (exact) mass is 261 g/mol. The minimum Gasteiger partial charge on any atom is -0.263 e. The lowest BCUT2D eigenvalue weighted by atomic mass is 10.3. The summed E-state index contributed by atoms with van der Waals surface area (Å²) in [4.78, 5) is 3.79. The predicted octanol–water partition coefficient (Wildman–Crippen LogP) is 3.54. The smallest absolute Gasteiger partial charge is 0.0765 e. The van der Waals surface area contributed by atoms with Crippen LogP contribution in [0.25, 0.3) is 0 Å². The summed E-state index contributed by atoms with van der Waals surface area (Å²) in [6.07, 6.45) is 0. The van der Waals surface area contributed by atoms with Crippen LogP contribution in [-0.4, -0.2) is 6.72 Å². The van der Waals surface area contributed by atoms with Crippen LogP contribution in [0.4, 0.5) is 5.69 Å². The number of hydrogen-bond acceptors (Lipinski definition) is 1. The minimum atomic E-state index is 0.864. The first-order chi connectivity index (χ1) is 4.74. The van der Waals surface area contributed by atoms with Crippen LogP contribution in [0.5, 0.6) is 0 Å². The quantitative estimate of drug-likeness (QED) is 0.687. The highest BCUT2D eigenvalue weighted by molar-refractivity contribution is 9.11. The Morgan fingerprint density at radius 1 is 1.30 bits per heavy atom. The summed E-state index contributed by atoms with van der Waals surface area (Å²) in [5, 5.41) is 0. The first kappa shape index (κ1) is 7.95. The third-order valence-corrected chi connectivity index (χ3v) is 2.21. The maximum atomic E-state index is 3.79. The third-order valence-electron chi connectivity index (χ3n) is 1.08. The molecule has 1 nitrogen and oxygen atoms in total. The molecule has 0 radical (unpaired) electrons. The molecular weight excluding hydrogens is 258 g/mol. The molecule has 1 aromatic carbocycles. The zero-order valence-electron chi connectivity index (χ0n) is 5.14. The molecule has 0 aliphatic rings. The van der Waals surface area contributed by atoms with Crippen molar-refractivity contribution in [2.75, 3.05) is 0 Å². The molecule has 0 aliphatic carbocycles. The molecular formula is C7H5Br2N. The normalized spacial score (nSPS) is 9.40. The summed E-state index contributed by atoms with van der Waals surface area (Å²) in [6.45, 7) is 3.43. The summed E-state index contributed by atoms with van der Waals surface area (Å²) in [5.74, 6) is 0. The van der Waals surface area contributed by atoms with E-state index in [9.17, 15) is 0 Å². The lowest BCUT2D eigenvalue weighted by Crippen LogP contribution is -1.67. The highest BCUT2D eigenvalue weighted by atomic mass is 79.9. The standard InChI is InChI=1S/C7H5Br2N/c1-10-7-3-2-5(8)4-6(7)9/h2-4H,1H2. The molecule has 0 atom stereocenters. The first-order valence-corrected chi connectivity index (χ1v) is 4.24. The molecule has 0 aliphatic heterocycles. The van der Waals surface area contributed by atoms with Gasteiger partial charge in [-0.3, -0.25) is 4.99 Å². The molecule has 0 saturated carbocycles. The topological polar surface area (TPSA) is 12.4 Å². The van der Waals surface area contributed by atoms with Crippen molar-refractivity contribution in [2.45, 2.75) is 0 Å². The predicted molar refractivity (Wildman–Crippen MR) is 51.1 cm³/mol. The van der Waals surface area contributed by atoms with E-state index in [4.69, 9.17) is 0 Å². The number of benzene rings is 1. The second kappa shape index (κ2) is 3.30. The molecule has 52 valence electrons. The Morgan fingerprint density at radius 3 is 2.50 bits per heavy atom. The number of aliphatic imine (C=N–C) groups is 1. The van der Waals surface area contributed by atoms with Crippen LogP contribution in [0.15, 0.2) is 32.1 Å². The van der Waals surface area contributed by atoms with E-state index < -0.39 is 0 Å². The van der Waals surface area contributed by atoms with Gasteiger partial charge in [0.1, 0.15) is 0 Å². The molecule has 0 N–H and O–H groups in total. The first-order valence-electron chi connectivity index (χ1n) is 2.66. The van der Waals surface area contributed by atoms with E-state index in [2.05, 4.69) is 43.6 Å². The Kier molecular flexibility index (Phi) is 2.63. The SMILES string of the molecule is C=Nc1ccc(Br)cc1Br. The molecule has 0 saturated heterocycles. The number of nitrogens with zero attached hydrogens (tertiary/aromatic N) is 1. The van der Waals surface area contributed by atoms with Crippen LogP contribution in [0.1, 0.15) is 0 Å². The van der Waals surface area contributed by atoms with Gasteiger partial charge in [-0.15, -0.1) is 0 Å². The van der Waals surface area contributed by atoms with E-state index in [0.29, 0.717) is 0 Å². The molecule has 3 heteroatoms. The van der Waals surface area contributed by atoms with Crippen molar-refractivity contribution in [3.8, 4) is 0 Å². The van der Waals surface area contributed by atoms with E-state index in [1.165, 1.54) is 0 Å². The van der Waals surface area contributed by atoms with Gasteiger partial charge >= 0.3 is 0 Å². The molecule has 0 unspecified atom stereocenters. The fraction of sp³-hybridized carbons (Fsp3) is 0. The molecule has 0 amide bonds. The van der Waals surface area contributed by atoms with Crippen molar-refractivity contribution in [1.82, 2.24) is 0 Å². The van der Waals surface area contributed by atoms with Gasteiger partial charge < -0.3 is 0 Å². The van der Waals surface area contributed by atoms with Crippen molar-refractivity contribution in [1.29, 1.82) is 0 Å². The number of rotatable bonds is 1. The van der Waals surface area contributed by atoms with E-state index in [0.717, 1.165) is 14.6 Å². The van der Waals surface area contributed by atoms with E-state index in [-0.39, 0.29) is 0 Å². The Hall–Kier alpha value is -0.150. The van der Waals surface area contributed by atoms with E-state index >= 15 is 0 Å². The Labute approximate surface area is 76.4 Å². The third kappa shape index (κ3) is 1.67. The zero-order chi connectivity index (χ0) is 7.56. The molecule has 0 fully saturated rings. The molecule has 1 aromatic rings. The van der Waals surface area contributed by atoms with Crippen molar-refractivity contribution in [3.63, 3.8) is 0 Å². The number of hydrogen-bond donors (Lipinski definition) is 0.